The Morgan fingerprint density at radius 3 is 2.47 bits per heavy atom. The Hall–Kier alpha value is -1.42. The van der Waals surface area contributed by atoms with Crippen LogP contribution in [0.4, 0.5) is 0 Å². The number of allylic oxidation sites excluding steroid dienone is 2. The molecular formula is C32H47NO3. The van der Waals surface area contributed by atoms with E-state index in [0.717, 1.165) is 57.1 Å². The first-order chi connectivity index (χ1) is 16.7. The fourth-order valence-corrected chi connectivity index (χ4v) is 11.1. The second-order valence-corrected chi connectivity index (χ2v) is 15.6. The van der Waals surface area contributed by atoms with Gasteiger partial charge < -0.3 is 9.63 Å². The molecule has 198 valence electrons. The van der Waals surface area contributed by atoms with Crippen LogP contribution in [0.5, 0.6) is 0 Å². The first-order valence-electron chi connectivity index (χ1n) is 14.6. The van der Waals surface area contributed by atoms with Crippen molar-refractivity contribution in [1.82, 2.24) is 5.16 Å². The fourth-order valence-electron chi connectivity index (χ4n) is 11.1. The highest BCUT2D eigenvalue weighted by Gasteiger charge is 2.69. The molecule has 3 saturated carbocycles. The summed E-state index contributed by atoms with van der Waals surface area (Å²) in [6.45, 7) is 17.1. The van der Waals surface area contributed by atoms with E-state index in [-0.39, 0.29) is 45.0 Å². The summed E-state index contributed by atoms with van der Waals surface area (Å²) in [5.74, 6) is 2.30. The summed E-state index contributed by atoms with van der Waals surface area (Å²) in [5.41, 5.74) is 2.82. The molecule has 3 fully saturated rings. The minimum atomic E-state index is -0.0992. The Morgan fingerprint density at radius 2 is 1.75 bits per heavy atom. The van der Waals surface area contributed by atoms with Crippen molar-refractivity contribution in [2.24, 2.45) is 44.8 Å². The highest BCUT2D eigenvalue weighted by atomic mass is 16.5. The van der Waals surface area contributed by atoms with Crippen LogP contribution in [-0.2, 0) is 16.6 Å². The van der Waals surface area contributed by atoms with Crippen LogP contribution < -0.4 is 0 Å². The number of hydrogen-bond acceptors (Lipinski definition) is 4. The number of rotatable bonds is 2. The molecule has 0 unspecified atom stereocenters. The molecule has 0 aromatic carbocycles. The van der Waals surface area contributed by atoms with Crippen LogP contribution >= 0.6 is 0 Å². The van der Waals surface area contributed by atoms with Crippen molar-refractivity contribution >= 4 is 5.78 Å². The minimum Gasteiger partial charge on any atom is -0.396 e. The Labute approximate surface area is 217 Å². The number of hydrogen-bond donors (Lipinski definition) is 1. The average molecular weight is 494 g/mol. The molecule has 1 heterocycles. The number of aliphatic hydroxyl groups excluding tert-OH is 1. The number of carbonyl (C=O) groups is 1. The van der Waals surface area contributed by atoms with E-state index in [2.05, 4.69) is 59.7 Å². The SMILES string of the molecule is CC1(C)CC[C@]2(CCO)CC[C@]3(C)[C@H](C(=O)C=C4[C@@]5(C)Cc6cnoc6C(C)(C)[C@@H]5CC[C@]43C)[C@@H]2C1. The van der Waals surface area contributed by atoms with E-state index in [0.29, 0.717) is 17.6 Å². The van der Waals surface area contributed by atoms with Crippen LogP contribution in [0.15, 0.2) is 22.4 Å². The van der Waals surface area contributed by atoms with Crippen molar-refractivity contribution < 1.29 is 14.4 Å². The average Bonchev–Trinajstić information content (AvgIpc) is 3.25. The Morgan fingerprint density at radius 1 is 1.03 bits per heavy atom. The number of aromatic nitrogens is 1. The van der Waals surface area contributed by atoms with Gasteiger partial charge in [0.25, 0.3) is 0 Å². The van der Waals surface area contributed by atoms with Crippen LogP contribution in [0.3, 0.4) is 0 Å². The van der Waals surface area contributed by atoms with Gasteiger partial charge in [0.1, 0.15) is 5.76 Å². The van der Waals surface area contributed by atoms with Gasteiger partial charge in [-0.05, 0) is 103 Å². The van der Waals surface area contributed by atoms with E-state index >= 15 is 0 Å². The molecule has 0 amide bonds. The molecule has 4 nitrogen and oxygen atoms in total. The van der Waals surface area contributed by atoms with Gasteiger partial charge in [-0.3, -0.25) is 4.79 Å². The summed E-state index contributed by atoms with van der Waals surface area (Å²) >= 11 is 0. The molecule has 1 N–H and O–H groups in total. The van der Waals surface area contributed by atoms with Crippen molar-refractivity contribution in [2.45, 2.75) is 112 Å². The van der Waals surface area contributed by atoms with Gasteiger partial charge >= 0.3 is 0 Å². The Bertz CT molecular complexity index is 1130. The third kappa shape index (κ3) is 2.91. The van der Waals surface area contributed by atoms with E-state index in [4.69, 9.17) is 4.52 Å². The zero-order valence-electron chi connectivity index (χ0n) is 23.7. The lowest BCUT2D eigenvalue weighted by atomic mass is 9.34. The number of fused-ring (bicyclic) bond motifs is 8. The summed E-state index contributed by atoms with van der Waals surface area (Å²) < 4.78 is 5.81. The molecule has 0 radical (unpaired) electrons. The standard InChI is InChI=1S/C32H47NO3/c1-27(2)10-12-32(14-15-34)13-11-31(7)25(21(32)18-27)22(35)16-24-29(5)17-20-19-33-36-26(20)28(3,4)23(29)8-9-30(24,31)6/h16,19,21,23,25,34H,8-15,17-18H2,1-7H3/t21-,23-,25-,29-,30+,31+,32+/m0/s1. The molecule has 7 atom stereocenters. The summed E-state index contributed by atoms with van der Waals surface area (Å²) in [7, 11) is 0. The normalized spacial score (nSPS) is 46.5. The molecule has 36 heavy (non-hydrogen) atoms. The quantitative estimate of drug-likeness (QED) is 0.479. The number of aliphatic hydroxyl groups is 1. The van der Waals surface area contributed by atoms with Gasteiger partial charge in [0.15, 0.2) is 5.78 Å². The van der Waals surface area contributed by atoms with Crippen molar-refractivity contribution in [3.63, 3.8) is 0 Å². The molecule has 1 aromatic heterocycles. The van der Waals surface area contributed by atoms with Gasteiger partial charge in [0, 0.05) is 23.5 Å². The highest BCUT2D eigenvalue weighted by Crippen LogP contribution is 2.75. The molecule has 0 aliphatic heterocycles. The first kappa shape index (κ1) is 24.9. The lowest BCUT2D eigenvalue weighted by molar-refractivity contribution is -0.174. The zero-order valence-corrected chi connectivity index (χ0v) is 23.7. The second kappa shape index (κ2) is 7.36. The molecular weight excluding hydrogens is 446 g/mol. The van der Waals surface area contributed by atoms with Crippen LogP contribution in [-0.4, -0.2) is 22.7 Å². The predicted molar refractivity (Wildman–Crippen MR) is 141 cm³/mol. The number of nitrogens with zero attached hydrogens (tertiary/aromatic N) is 1. The highest BCUT2D eigenvalue weighted by molar-refractivity contribution is 5.95. The minimum absolute atomic E-state index is 0.00847. The van der Waals surface area contributed by atoms with E-state index in [1.165, 1.54) is 17.6 Å². The molecule has 5 aliphatic rings. The van der Waals surface area contributed by atoms with Crippen LogP contribution in [0.2, 0.25) is 0 Å². The van der Waals surface area contributed by atoms with Crippen molar-refractivity contribution in [1.29, 1.82) is 0 Å². The summed E-state index contributed by atoms with van der Waals surface area (Å²) in [4.78, 5) is 14.4. The van der Waals surface area contributed by atoms with E-state index in [1.807, 2.05) is 6.20 Å². The first-order valence-corrected chi connectivity index (χ1v) is 14.6. The van der Waals surface area contributed by atoms with Crippen molar-refractivity contribution in [2.75, 3.05) is 6.61 Å². The topological polar surface area (TPSA) is 63.3 Å². The molecule has 1 aromatic rings. The lowest BCUT2D eigenvalue weighted by Crippen LogP contribution is -2.65. The van der Waals surface area contributed by atoms with Crippen LogP contribution in [0.25, 0.3) is 0 Å². The van der Waals surface area contributed by atoms with Gasteiger partial charge in [0.05, 0.1) is 6.20 Å². The molecule has 6 rings (SSSR count). The van der Waals surface area contributed by atoms with Gasteiger partial charge in [-0.25, -0.2) is 0 Å². The second-order valence-electron chi connectivity index (χ2n) is 15.6. The fraction of sp³-hybridized carbons (Fsp3) is 0.812. The smallest absolute Gasteiger partial charge is 0.159 e. The lowest BCUT2D eigenvalue weighted by Gasteiger charge is -2.69. The van der Waals surface area contributed by atoms with Crippen molar-refractivity contribution in [3.8, 4) is 0 Å². The predicted octanol–water partition coefficient (Wildman–Crippen LogP) is 7.05. The van der Waals surface area contributed by atoms with Crippen LogP contribution in [0, 0.1) is 44.8 Å². The molecule has 4 heteroatoms. The molecule has 0 saturated heterocycles. The Kier molecular flexibility index (Phi) is 5.09. The largest absolute Gasteiger partial charge is 0.396 e. The summed E-state index contributed by atoms with van der Waals surface area (Å²) in [6.07, 6.45) is 13.9. The zero-order chi connectivity index (χ0) is 25.9. The van der Waals surface area contributed by atoms with Gasteiger partial charge in [-0.15, -0.1) is 0 Å². The number of carbonyl (C=O) groups excluding carboxylic acids is 1. The number of ketones is 1. The monoisotopic (exact) mass is 493 g/mol. The summed E-state index contributed by atoms with van der Waals surface area (Å²) in [5, 5.41) is 14.3. The van der Waals surface area contributed by atoms with E-state index in [1.54, 1.807) is 0 Å². The maximum Gasteiger partial charge on any atom is 0.159 e. The molecule has 0 bridgehead atoms. The van der Waals surface area contributed by atoms with E-state index < -0.39 is 0 Å². The van der Waals surface area contributed by atoms with Crippen molar-refractivity contribution in [3.05, 3.63) is 29.2 Å². The summed E-state index contributed by atoms with van der Waals surface area (Å²) in [6, 6.07) is 0. The maximum atomic E-state index is 14.4. The van der Waals surface area contributed by atoms with Gasteiger partial charge in [0.2, 0.25) is 0 Å². The van der Waals surface area contributed by atoms with Crippen LogP contribution in [0.1, 0.15) is 111 Å². The molecule has 0 spiro atoms. The molecule has 5 aliphatic carbocycles. The van der Waals surface area contributed by atoms with E-state index in [9.17, 15) is 9.90 Å². The Balaban J connectivity index is 1.49. The maximum absolute atomic E-state index is 14.4. The van der Waals surface area contributed by atoms with Gasteiger partial charge in [-0.1, -0.05) is 59.2 Å². The third-order valence-corrected chi connectivity index (χ3v) is 13.1. The van der Waals surface area contributed by atoms with Gasteiger partial charge in [-0.2, -0.15) is 0 Å². The third-order valence-electron chi connectivity index (χ3n) is 13.1.